The number of carboxylic acids is 1. The number of nitrogens with one attached hydrogen (secondary N) is 1. The quantitative estimate of drug-likeness (QED) is 0.846. The Morgan fingerprint density at radius 3 is 2.47 bits per heavy atom. The van der Waals surface area contributed by atoms with Gasteiger partial charge in [0.05, 0.1) is 11.2 Å². The third kappa shape index (κ3) is 1.92. The van der Waals surface area contributed by atoms with Crippen molar-refractivity contribution in [1.82, 2.24) is 9.97 Å². The number of aromatic carboxylic acids is 1. The minimum absolute atomic E-state index is 0.0201. The summed E-state index contributed by atoms with van der Waals surface area (Å²) in [6, 6.07) is 7.57. The van der Waals surface area contributed by atoms with Crippen LogP contribution in [0.4, 0.5) is 0 Å². The van der Waals surface area contributed by atoms with Crippen LogP contribution in [0.25, 0.3) is 0 Å². The van der Waals surface area contributed by atoms with Crippen molar-refractivity contribution in [3.63, 3.8) is 0 Å². The van der Waals surface area contributed by atoms with Gasteiger partial charge in [-0.3, -0.25) is 0 Å². The van der Waals surface area contributed by atoms with Crippen molar-refractivity contribution in [3.8, 4) is 0 Å². The lowest BCUT2D eigenvalue weighted by molar-refractivity contribution is 0.0686. The van der Waals surface area contributed by atoms with E-state index in [-0.39, 0.29) is 4.90 Å². The van der Waals surface area contributed by atoms with Crippen molar-refractivity contribution in [2.75, 3.05) is 0 Å². The molecule has 0 amide bonds. The van der Waals surface area contributed by atoms with Crippen LogP contribution >= 0.6 is 0 Å². The minimum Gasteiger partial charge on any atom is -0.476 e. The summed E-state index contributed by atoms with van der Waals surface area (Å²) >= 11 is 0. The number of nitrogens with zero attached hydrogens (tertiary/aromatic N) is 1. The number of carbonyl (C=O) groups is 1. The molecule has 0 bridgehead atoms. The number of sulfone groups is 1. The van der Waals surface area contributed by atoms with Crippen molar-refractivity contribution in [2.24, 2.45) is 0 Å². The molecule has 0 saturated heterocycles. The average molecular weight is 252 g/mol. The molecule has 2 aromatic rings. The number of hydrogen-bond acceptors (Lipinski definition) is 4. The summed E-state index contributed by atoms with van der Waals surface area (Å²) in [5.74, 6) is -1.39. The molecule has 2 N–H and O–H groups in total. The lowest BCUT2D eigenvalue weighted by Crippen LogP contribution is -2.09. The highest BCUT2D eigenvalue weighted by molar-refractivity contribution is 7.91. The molecule has 0 radical (unpaired) electrons. The van der Waals surface area contributed by atoms with E-state index in [1.807, 2.05) is 0 Å². The van der Waals surface area contributed by atoms with Crippen LogP contribution in [0.3, 0.4) is 0 Å². The van der Waals surface area contributed by atoms with Gasteiger partial charge in [0.15, 0.2) is 10.7 Å². The topological polar surface area (TPSA) is 100 Å². The van der Waals surface area contributed by atoms with E-state index in [9.17, 15) is 13.2 Å². The summed E-state index contributed by atoms with van der Waals surface area (Å²) in [6.45, 7) is 0. The summed E-state index contributed by atoms with van der Waals surface area (Å²) in [5, 5.41) is 8.41. The van der Waals surface area contributed by atoms with Crippen molar-refractivity contribution in [1.29, 1.82) is 0 Å². The molecule has 2 rings (SSSR count). The summed E-state index contributed by atoms with van der Waals surface area (Å²) in [4.78, 5) is 16.7. The number of carboxylic acid groups (broad SMARTS) is 1. The number of aromatic amines is 1. The van der Waals surface area contributed by atoms with E-state index in [2.05, 4.69) is 9.97 Å². The van der Waals surface area contributed by atoms with Crippen LogP contribution in [-0.4, -0.2) is 29.5 Å². The Bertz CT molecular complexity index is 646. The zero-order valence-electron chi connectivity index (χ0n) is 8.49. The molecule has 1 heterocycles. The van der Waals surface area contributed by atoms with Crippen LogP contribution in [0.15, 0.2) is 46.6 Å². The molecular weight excluding hydrogens is 244 g/mol. The summed E-state index contributed by atoms with van der Waals surface area (Å²) in [5.41, 5.74) is -0.506. The van der Waals surface area contributed by atoms with Gasteiger partial charge < -0.3 is 10.1 Å². The highest BCUT2D eigenvalue weighted by Crippen LogP contribution is 2.20. The summed E-state index contributed by atoms with van der Waals surface area (Å²) < 4.78 is 24.2. The van der Waals surface area contributed by atoms with Crippen molar-refractivity contribution >= 4 is 15.8 Å². The van der Waals surface area contributed by atoms with E-state index in [0.29, 0.717) is 0 Å². The van der Waals surface area contributed by atoms with Crippen molar-refractivity contribution in [3.05, 3.63) is 42.4 Å². The molecule has 88 valence electrons. The van der Waals surface area contributed by atoms with Gasteiger partial charge in [-0.15, -0.1) is 0 Å². The highest BCUT2D eigenvalue weighted by atomic mass is 32.2. The molecule has 6 nitrogen and oxygen atoms in total. The highest BCUT2D eigenvalue weighted by Gasteiger charge is 2.26. The van der Waals surface area contributed by atoms with Gasteiger partial charge >= 0.3 is 5.97 Å². The number of imidazole rings is 1. The van der Waals surface area contributed by atoms with Gasteiger partial charge in [0.25, 0.3) is 0 Å². The molecule has 0 saturated carbocycles. The third-order valence-corrected chi connectivity index (χ3v) is 3.87. The third-order valence-electron chi connectivity index (χ3n) is 2.13. The average Bonchev–Trinajstić information content (AvgIpc) is 2.80. The van der Waals surface area contributed by atoms with E-state index in [0.717, 1.165) is 6.33 Å². The van der Waals surface area contributed by atoms with Crippen LogP contribution in [0.2, 0.25) is 0 Å². The van der Waals surface area contributed by atoms with Crippen LogP contribution in [-0.2, 0) is 9.84 Å². The molecule has 0 atom stereocenters. The Morgan fingerprint density at radius 2 is 1.88 bits per heavy atom. The Balaban J connectivity index is 2.61. The fourth-order valence-corrected chi connectivity index (χ4v) is 2.71. The largest absolute Gasteiger partial charge is 0.476 e. The SMILES string of the molecule is O=C(O)c1nc[nH]c1S(=O)(=O)c1ccccc1. The van der Waals surface area contributed by atoms with Gasteiger partial charge in [-0.05, 0) is 12.1 Å². The second kappa shape index (κ2) is 4.02. The molecule has 0 fully saturated rings. The Kier molecular flexibility index (Phi) is 2.68. The smallest absolute Gasteiger partial charge is 0.357 e. The zero-order chi connectivity index (χ0) is 12.5. The molecule has 1 aromatic heterocycles. The molecule has 1 aromatic carbocycles. The van der Waals surface area contributed by atoms with Crippen molar-refractivity contribution in [2.45, 2.75) is 9.92 Å². The van der Waals surface area contributed by atoms with Crippen LogP contribution < -0.4 is 0 Å². The Morgan fingerprint density at radius 1 is 1.24 bits per heavy atom. The maximum atomic E-state index is 12.1. The lowest BCUT2D eigenvalue weighted by atomic mass is 10.4. The van der Waals surface area contributed by atoms with Gasteiger partial charge in [-0.25, -0.2) is 18.2 Å². The molecule has 7 heteroatoms. The fraction of sp³-hybridized carbons (Fsp3) is 0. The van der Waals surface area contributed by atoms with E-state index < -0.39 is 26.5 Å². The second-order valence-corrected chi connectivity index (χ2v) is 5.09. The van der Waals surface area contributed by atoms with Gasteiger partial charge in [0, 0.05) is 0 Å². The Labute approximate surface area is 96.9 Å². The maximum Gasteiger partial charge on any atom is 0.357 e. The Hall–Kier alpha value is -2.15. The van der Waals surface area contributed by atoms with E-state index in [1.54, 1.807) is 18.2 Å². The van der Waals surface area contributed by atoms with E-state index >= 15 is 0 Å². The van der Waals surface area contributed by atoms with Gasteiger partial charge in [0.1, 0.15) is 0 Å². The molecule has 0 unspecified atom stereocenters. The van der Waals surface area contributed by atoms with Gasteiger partial charge in [-0.1, -0.05) is 18.2 Å². The normalized spacial score (nSPS) is 11.3. The predicted octanol–water partition coefficient (Wildman–Crippen LogP) is 0.941. The minimum atomic E-state index is -3.87. The van der Waals surface area contributed by atoms with E-state index in [1.165, 1.54) is 12.1 Å². The van der Waals surface area contributed by atoms with Crippen molar-refractivity contribution < 1.29 is 18.3 Å². The monoisotopic (exact) mass is 252 g/mol. The molecule has 0 aliphatic carbocycles. The molecular formula is C10H8N2O4S. The number of benzene rings is 1. The summed E-state index contributed by atoms with van der Waals surface area (Å²) in [7, 11) is -3.87. The number of rotatable bonds is 3. The lowest BCUT2D eigenvalue weighted by Gasteiger charge is -2.02. The first-order valence-electron chi connectivity index (χ1n) is 4.60. The number of hydrogen-bond donors (Lipinski definition) is 2. The maximum absolute atomic E-state index is 12.1. The number of aromatic nitrogens is 2. The molecule has 17 heavy (non-hydrogen) atoms. The van der Waals surface area contributed by atoms with Crippen LogP contribution in [0, 0.1) is 0 Å². The molecule has 0 aliphatic rings. The fourth-order valence-electron chi connectivity index (χ4n) is 1.36. The standard InChI is InChI=1S/C10H8N2O4S/c13-10(14)8-9(12-6-11-8)17(15,16)7-4-2-1-3-5-7/h1-6H,(H,11,12)(H,13,14). The molecule has 0 spiro atoms. The van der Waals surface area contributed by atoms with Gasteiger partial charge in [0.2, 0.25) is 9.84 Å². The summed E-state index contributed by atoms with van der Waals surface area (Å²) in [6.07, 6.45) is 1.04. The predicted molar refractivity (Wildman–Crippen MR) is 57.4 cm³/mol. The van der Waals surface area contributed by atoms with E-state index in [4.69, 9.17) is 5.11 Å². The zero-order valence-corrected chi connectivity index (χ0v) is 9.31. The van der Waals surface area contributed by atoms with Crippen LogP contribution in [0.5, 0.6) is 0 Å². The molecule has 0 aliphatic heterocycles. The first kappa shape index (κ1) is 11.3. The number of H-pyrrole nitrogens is 1. The first-order chi connectivity index (χ1) is 8.03. The second-order valence-electron chi connectivity index (χ2n) is 3.20. The first-order valence-corrected chi connectivity index (χ1v) is 6.08. The van der Waals surface area contributed by atoms with Crippen LogP contribution in [0.1, 0.15) is 10.5 Å². The van der Waals surface area contributed by atoms with Gasteiger partial charge in [-0.2, -0.15) is 0 Å².